The molecule has 0 radical (unpaired) electrons. The van der Waals surface area contributed by atoms with Crippen LogP contribution in [-0.4, -0.2) is 36.8 Å². The van der Waals surface area contributed by atoms with Crippen LogP contribution in [0.25, 0.3) is 0 Å². The van der Waals surface area contributed by atoms with E-state index in [1.165, 1.54) is 12.5 Å². The fourth-order valence-electron chi connectivity index (χ4n) is 3.05. The van der Waals surface area contributed by atoms with Gasteiger partial charge in [0.05, 0.1) is 17.7 Å². The third-order valence-electron chi connectivity index (χ3n) is 4.26. The molecule has 0 saturated heterocycles. The van der Waals surface area contributed by atoms with Crippen molar-refractivity contribution in [3.8, 4) is 5.88 Å². The van der Waals surface area contributed by atoms with Crippen LogP contribution in [0.2, 0.25) is 0 Å². The lowest BCUT2D eigenvalue weighted by molar-refractivity contribution is 0.103. The summed E-state index contributed by atoms with van der Waals surface area (Å²) in [5.74, 6) is 0.226. The van der Waals surface area contributed by atoms with E-state index in [-0.39, 0.29) is 10.7 Å². The van der Waals surface area contributed by atoms with E-state index < -0.39 is 9.84 Å². The van der Waals surface area contributed by atoms with Crippen molar-refractivity contribution in [1.29, 1.82) is 0 Å². The van der Waals surface area contributed by atoms with Gasteiger partial charge in [-0.1, -0.05) is 0 Å². The first-order valence-corrected chi connectivity index (χ1v) is 10.1. The molecule has 0 spiro atoms. The van der Waals surface area contributed by atoms with Gasteiger partial charge < -0.3 is 4.74 Å². The Hall–Kier alpha value is -2.15. The van der Waals surface area contributed by atoms with E-state index in [1.807, 2.05) is 13.8 Å². The molecule has 0 aliphatic heterocycles. The number of benzene rings is 1. The number of ether oxygens (including phenoxy) is 1. The lowest BCUT2D eigenvalue weighted by atomic mass is 9.95. The van der Waals surface area contributed by atoms with Crippen molar-refractivity contribution >= 4 is 15.6 Å². The zero-order valence-corrected chi connectivity index (χ0v) is 16.3. The minimum Gasteiger partial charge on any atom is -0.478 e. The van der Waals surface area contributed by atoms with Crippen LogP contribution in [0, 0.1) is 20.8 Å². The van der Waals surface area contributed by atoms with Gasteiger partial charge in [0.2, 0.25) is 5.88 Å². The van der Waals surface area contributed by atoms with Crippen molar-refractivity contribution < 1.29 is 17.9 Å². The Balaban J connectivity index is 2.64. The molecule has 1 heterocycles. The second-order valence-corrected chi connectivity index (χ2v) is 7.99. The second kappa shape index (κ2) is 7.00. The number of carbonyl (C=O) groups excluding carboxylic acids is 1. The van der Waals surface area contributed by atoms with Crippen molar-refractivity contribution in [3.05, 3.63) is 40.1 Å². The molecule has 2 rings (SSSR count). The van der Waals surface area contributed by atoms with Crippen LogP contribution in [0.15, 0.2) is 17.2 Å². The average Bonchev–Trinajstić information content (AvgIpc) is 2.92. The summed E-state index contributed by atoms with van der Waals surface area (Å²) in [5.41, 5.74) is 2.68. The first-order chi connectivity index (χ1) is 11.6. The summed E-state index contributed by atoms with van der Waals surface area (Å²) >= 11 is 0. The quantitative estimate of drug-likeness (QED) is 0.737. The number of sulfone groups is 1. The van der Waals surface area contributed by atoms with Gasteiger partial charge in [-0.2, -0.15) is 5.10 Å². The minimum absolute atomic E-state index is 0.216. The number of rotatable bonds is 6. The lowest BCUT2D eigenvalue weighted by Crippen LogP contribution is -2.12. The monoisotopic (exact) mass is 364 g/mol. The summed E-state index contributed by atoms with van der Waals surface area (Å²) < 4.78 is 31.3. The maximum absolute atomic E-state index is 13.1. The van der Waals surface area contributed by atoms with Crippen LogP contribution in [0.4, 0.5) is 0 Å². The number of aryl methyl sites for hydroxylation is 2. The number of nitrogens with zero attached hydrogens (tertiary/aromatic N) is 2. The van der Waals surface area contributed by atoms with Gasteiger partial charge in [-0.3, -0.25) is 4.79 Å². The van der Waals surface area contributed by atoms with Crippen LogP contribution in [0.5, 0.6) is 5.88 Å². The second-order valence-electron chi connectivity index (χ2n) is 6.03. The molecule has 6 nitrogen and oxygen atoms in total. The van der Waals surface area contributed by atoms with Crippen molar-refractivity contribution in [2.24, 2.45) is 0 Å². The summed E-state index contributed by atoms with van der Waals surface area (Å²) in [6.45, 7) is 9.99. The fourth-order valence-corrected chi connectivity index (χ4v) is 4.41. The van der Waals surface area contributed by atoms with Crippen LogP contribution in [0.3, 0.4) is 0 Å². The average molecular weight is 364 g/mol. The van der Waals surface area contributed by atoms with Crippen LogP contribution < -0.4 is 4.74 Å². The van der Waals surface area contributed by atoms with E-state index in [0.717, 1.165) is 0 Å². The van der Waals surface area contributed by atoms with Gasteiger partial charge in [0, 0.05) is 18.4 Å². The molecular weight excluding hydrogens is 340 g/mol. The SMILES string of the molecule is CCOc1c(C(=O)c2cc(C)c(S(C)(=O)=O)c(C)c2C)cnn1CC. The minimum atomic E-state index is -3.36. The smallest absolute Gasteiger partial charge is 0.223 e. The number of aromatic nitrogens is 2. The van der Waals surface area contributed by atoms with Gasteiger partial charge >= 0.3 is 0 Å². The van der Waals surface area contributed by atoms with E-state index >= 15 is 0 Å². The Kier molecular flexibility index (Phi) is 5.37. The highest BCUT2D eigenvalue weighted by molar-refractivity contribution is 7.90. The molecule has 2 aromatic rings. The molecule has 0 saturated carbocycles. The highest BCUT2D eigenvalue weighted by Gasteiger charge is 2.25. The van der Waals surface area contributed by atoms with Gasteiger partial charge in [0.1, 0.15) is 5.56 Å². The van der Waals surface area contributed by atoms with Crippen molar-refractivity contribution in [2.45, 2.75) is 46.1 Å². The zero-order chi connectivity index (χ0) is 18.9. The van der Waals surface area contributed by atoms with Gasteiger partial charge in [-0.15, -0.1) is 0 Å². The summed E-state index contributed by atoms with van der Waals surface area (Å²) in [6, 6.07) is 1.64. The molecule has 0 atom stereocenters. The van der Waals surface area contributed by atoms with E-state index in [0.29, 0.717) is 46.8 Å². The van der Waals surface area contributed by atoms with Gasteiger partial charge in [0.15, 0.2) is 15.6 Å². The first-order valence-electron chi connectivity index (χ1n) is 8.17. The molecule has 0 aliphatic rings. The van der Waals surface area contributed by atoms with Gasteiger partial charge in [-0.05, 0) is 57.4 Å². The number of ketones is 1. The van der Waals surface area contributed by atoms with Crippen molar-refractivity contribution in [3.63, 3.8) is 0 Å². The van der Waals surface area contributed by atoms with E-state index in [1.54, 1.807) is 31.5 Å². The van der Waals surface area contributed by atoms with Crippen LogP contribution in [-0.2, 0) is 16.4 Å². The largest absolute Gasteiger partial charge is 0.478 e. The summed E-state index contributed by atoms with van der Waals surface area (Å²) in [6.07, 6.45) is 2.69. The molecule has 1 aromatic heterocycles. The Labute approximate surface area is 148 Å². The molecule has 136 valence electrons. The number of carbonyl (C=O) groups is 1. The van der Waals surface area contributed by atoms with Crippen molar-refractivity contribution in [2.75, 3.05) is 12.9 Å². The summed E-state index contributed by atoms with van der Waals surface area (Å²) in [7, 11) is -3.36. The third kappa shape index (κ3) is 3.46. The summed E-state index contributed by atoms with van der Waals surface area (Å²) in [5, 5.41) is 4.21. The molecule has 1 aromatic carbocycles. The fraction of sp³-hybridized carbons (Fsp3) is 0.444. The Morgan fingerprint density at radius 3 is 2.32 bits per heavy atom. The van der Waals surface area contributed by atoms with Crippen LogP contribution in [0.1, 0.15) is 46.5 Å². The number of hydrogen-bond donors (Lipinski definition) is 0. The Morgan fingerprint density at radius 1 is 1.16 bits per heavy atom. The van der Waals surface area contributed by atoms with Crippen molar-refractivity contribution in [1.82, 2.24) is 9.78 Å². The molecule has 0 fully saturated rings. The molecule has 25 heavy (non-hydrogen) atoms. The highest BCUT2D eigenvalue weighted by atomic mass is 32.2. The molecule has 0 aliphatic carbocycles. The predicted molar refractivity (Wildman–Crippen MR) is 96.3 cm³/mol. The number of hydrogen-bond acceptors (Lipinski definition) is 5. The molecule has 0 unspecified atom stereocenters. The lowest BCUT2D eigenvalue weighted by Gasteiger charge is -2.15. The van der Waals surface area contributed by atoms with E-state index in [2.05, 4.69) is 5.10 Å². The molecule has 7 heteroatoms. The Morgan fingerprint density at radius 2 is 1.80 bits per heavy atom. The highest BCUT2D eigenvalue weighted by Crippen LogP contribution is 2.29. The van der Waals surface area contributed by atoms with Gasteiger partial charge in [-0.25, -0.2) is 13.1 Å². The zero-order valence-electron chi connectivity index (χ0n) is 15.5. The summed E-state index contributed by atoms with van der Waals surface area (Å²) in [4.78, 5) is 13.4. The Bertz CT molecular complexity index is 927. The van der Waals surface area contributed by atoms with Crippen LogP contribution >= 0.6 is 0 Å². The maximum atomic E-state index is 13.1. The van der Waals surface area contributed by atoms with E-state index in [9.17, 15) is 13.2 Å². The normalized spacial score (nSPS) is 11.6. The first kappa shape index (κ1) is 19.2. The molecule has 0 bridgehead atoms. The maximum Gasteiger partial charge on any atom is 0.223 e. The molecule has 0 N–H and O–H groups in total. The molecule has 0 amide bonds. The predicted octanol–water partition coefficient (Wildman–Crippen LogP) is 2.86. The van der Waals surface area contributed by atoms with E-state index in [4.69, 9.17) is 4.74 Å². The molecular formula is C18H24N2O4S. The topological polar surface area (TPSA) is 78.3 Å². The van der Waals surface area contributed by atoms with Gasteiger partial charge in [0.25, 0.3) is 0 Å². The standard InChI is InChI=1S/C18H24N2O4S/c1-7-20-18(24-8-2)15(10-19-20)16(21)14-9-11(3)17(25(6,22)23)13(5)12(14)4/h9-10H,7-8H2,1-6H3. The third-order valence-corrected chi connectivity index (χ3v) is 5.63.